The molecule has 0 saturated carbocycles. The highest BCUT2D eigenvalue weighted by Crippen LogP contribution is 2.47. The quantitative estimate of drug-likeness (QED) is 0.172. The topological polar surface area (TPSA) is 34.1 Å². The fourth-order valence-corrected chi connectivity index (χ4v) is 11.1. The third-order valence-electron chi connectivity index (χ3n) is 7.76. The smallest absolute Gasteiger partial charge is 0.309 e. The molecule has 0 aliphatic carbocycles. The number of benzene rings is 6. The van der Waals surface area contributed by atoms with Crippen LogP contribution in [-0.2, 0) is 9.13 Å². The first-order valence-electron chi connectivity index (χ1n) is 13.9. The lowest BCUT2D eigenvalue weighted by Crippen LogP contribution is -2.24. The SMILES string of the molecule is O=[P+](c1ccc2sc3ccc(P(=O)(c4ccccc4)c4ccccc4)cc3c2c1)C(c1ccccc1)c1ccccc1. The fourth-order valence-electron chi connectivity index (χ4n) is 5.69. The van der Waals surface area contributed by atoms with Gasteiger partial charge in [0.05, 0.1) is 0 Å². The van der Waals surface area contributed by atoms with Crippen LogP contribution in [0.2, 0.25) is 0 Å². The van der Waals surface area contributed by atoms with E-state index in [-0.39, 0.29) is 5.66 Å². The minimum atomic E-state index is -3.11. The summed E-state index contributed by atoms with van der Waals surface area (Å²) in [6.07, 6.45) is 0. The summed E-state index contributed by atoms with van der Waals surface area (Å²) in [5.74, 6) is 0. The summed E-state index contributed by atoms with van der Waals surface area (Å²) in [4.78, 5) is 0. The molecule has 6 aromatic carbocycles. The van der Waals surface area contributed by atoms with E-state index in [1.807, 2.05) is 109 Å². The molecule has 0 aliphatic rings. The highest BCUT2D eigenvalue weighted by atomic mass is 32.1. The molecule has 0 N–H and O–H groups in total. The fraction of sp³-hybridized carbons (Fsp3) is 0.0270. The van der Waals surface area contributed by atoms with Gasteiger partial charge in [-0.25, -0.2) is 0 Å². The zero-order valence-electron chi connectivity index (χ0n) is 22.7. The summed E-state index contributed by atoms with van der Waals surface area (Å²) in [6, 6.07) is 52.1. The Morgan fingerprint density at radius 3 is 1.48 bits per heavy atom. The van der Waals surface area contributed by atoms with E-state index in [9.17, 15) is 4.57 Å². The van der Waals surface area contributed by atoms with Crippen molar-refractivity contribution in [3.8, 4) is 0 Å². The Labute approximate surface area is 250 Å². The van der Waals surface area contributed by atoms with Crippen LogP contribution in [0.15, 0.2) is 158 Å². The van der Waals surface area contributed by atoms with E-state index in [1.54, 1.807) is 11.3 Å². The summed E-state index contributed by atoms with van der Waals surface area (Å²) in [7, 11) is -4.92. The molecule has 0 radical (unpaired) electrons. The lowest BCUT2D eigenvalue weighted by Gasteiger charge is -2.20. The molecular formula is C37H27O2P2S+. The van der Waals surface area contributed by atoms with Crippen LogP contribution in [0.3, 0.4) is 0 Å². The minimum Gasteiger partial charge on any atom is -0.309 e. The third-order valence-corrected chi connectivity index (χ3v) is 13.8. The first kappa shape index (κ1) is 26.7. The van der Waals surface area contributed by atoms with Crippen molar-refractivity contribution in [3.05, 3.63) is 169 Å². The van der Waals surface area contributed by atoms with Crippen molar-refractivity contribution in [2.24, 2.45) is 0 Å². The summed E-state index contributed by atoms with van der Waals surface area (Å²) in [6.45, 7) is 0. The van der Waals surface area contributed by atoms with Crippen LogP contribution in [0.1, 0.15) is 16.8 Å². The van der Waals surface area contributed by atoms with Gasteiger partial charge in [-0.05, 0) is 30.3 Å². The number of hydrogen-bond donors (Lipinski definition) is 0. The van der Waals surface area contributed by atoms with Crippen molar-refractivity contribution in [1.82, 2.24) is 0 Å². The monoisotopic (exact) mass is 597 g/mol. The molecule has 2 nitrogen and oxygen atoms in total. The second kappa shape index (κ2) is 11.3. The molecular weight excluding hydrogens is 570 g/mol. The van der Waals surface area contributed by atoms with E-state index < -0.39 is 14.9 Å². The van der Waals surface area contributed by atoms with Crippen molar-refractivity contribution in [3.63, 3.8) is 0 Å². The molecule has 7 aromatic rings. The van der Waals surface area contributed by atoms with Crippen LogP contribution in [-0.4, -0.2) is 0 Å². The molecule has 1 atom stereocenters. The summed E-state index contributed by atoms with van der Waals surface area (Å²) < 4.78 is 31.7. The van der Waals surface area contributed by atoms with Gasteiger partial charge >= 0.3 is 7.80 Å². The second-order valence-corrected chi connectivity index (χ2v) is 15.8. The summed E-state index contributed by atoms with van der Waals surface area (Å²) in [5, 5.41) is 5.33. The predicted molar refractivity (Wildman–Crippen MR) is 181 cm³/mol. The van der Waals surface area contributed by atoms with Gasteiger partial charge in [0.25, 0.3) is 0 Å². The standard InChI is InChI=1S/C37H27O2P2S/c38-40(37(27-13-5-1-6-14-27)28-15-7-2-8-16-28)29-21-23-35-33(25-29)34-26-32(22-24-36(34)42-35)41(39,30-17-9-3-10-18-30)31-19-11-4-12-20-31/h1-26,37H/q+1. The van der Waals surface area contributed by atoms with Gasteiger partial charge in [0, 0.05) is 53.3 Å². The maximum atomic E-state index is 15.1. The van der Waals surface area contributed by atoms with Crippen LogP contribution in [0, 0.1) is 0 Å². The largest absolute Gasteiger partial charge is 0.389 e. The molecule has 42 heavy (non-hydrogen) atoms. The highest BCUT2D eigenvalue weighted by Gasteiger charge is 2.36. The van der Waals surface area contributed by atoms with E-state index in [0.717, 1.165) is 52.5 Å². The average molecular weight is 598 g/mol. The predicted octanol–water partition coefficient (Wildman–Crippen LogP) is 8.94. The van der Waals surface area contributed by atoms with E-state index in [0.29, 0.717) is 0 Å². The van der Waals surface area contributed by atoms with Gasteiger partial charge in [-0.2, -0.15) is 0 Å². The van der Waals surface area contributed by atoms with Gasteiger partial charge in [-0.15, -0.1) is 11.3 Å². The lowest BCUT2D eigenvalue weighted by atomic mass is 10.0. The molecule has 0 fully saturated rings. The van der Waals surface area contributed by atoms with E-state index in [1.165, 1.54) is 0 Å². The minimum absolute atomic E-state index is 0.253. The van der Waals surface area contributed by atoms with Gasteiger partial charge < -0.3 is 4.57 Å². The highest BCUT2D eigenvalue weighted by molar-refractivity contribution is 7.85. The first-order chi connectivity index (χ1) is 20.6. The Hall–Kier alpha value is -4.13. The molecule has 1 heterocycles. The Morgan fingerprint density at radius 1 is 0.500 bits per heavy atom. The lowest BCUT2D eigenvalue weighted by molar-refractivity contribution is 0.589. The van der Waals surface area contributed by atoms with Gasteiger partial charge in [0.15, 0.2) is 12.4 Å². The molecule has 7 rings (SSSR count). The Balaban J connectivity index is 1.38. The Morgan fingerprint density at radius 2 is 0.952 bits per heavy atom. The van der Waals surface area contributed by atoms with E-state index >= 15 is 4.57 Å². The number of fused-ring (bicyclic) bond motifs is 3. The number of rotatable bonds is 7. The van der Waals surface area contributed by atoms with E-state index in [4.69, 9.17) is 0 Å². The number of thiophene rings is 1. The molecule has 202 valence electrons. The average Bonchev–Trinajstić information content (AvgIpc) is 3.43. The molecule has 5 heteroatoms. The Kier molecular flexibility index (Phi) is 7.18. The van der Waals surface area contributed by atoms with Crippen LogP contribution >= 0.6 is 26.3 Å². The van der Waals surface area contributed by atoms with Crippen LogP contribution in [0.25, 0.3) is 20.2 Å². The summed E-state index contributed by atoms with van der Waals surface area (Å²) in [5.41, 5.74) is 1.82. The van der Waals surface area contributed by atoms with Gasteiger partial charge in [0.1, 0.15) is 0 Å². The van der Waals surface area contributed by atoms with Crippen molar-refractivity contribution in [1.29, 1.82) is 0 Å². The zero-order chi connectivity index (χ0) is 28.5. The van der Waals surface area contributed by atoms with Crippen LogP contribution in [0.4, 0.5) is 0 Å². The van der Waals surface area contributed by atoms with Gasteiger partial charge in [-0.1, -0.05) is 126 Å². The Bertz CT molecular complexity index is 1990. The van der Waals surface area contributed by atoms with Crippen molar-refractivity contribution in [2.75, 3.05) is 0 Å². The van der Waals surface area contributed by atoms with E-state index in [2.05, 4.69) is 48.5 Å². The molecule has 0 bridgehead atoms. The summed E-state index contributed by atoms with van der Waals surface area (Å²) >= 11 is 1.71. The third kappa shape index (κ3) is 4.75. The first-order valence-corrected chi connectivity index (χ1v) is 17.7. The second-order valence-electron chi connectivity index (χ2n) is 10.3. The zero-order valence-corrected chi connectivity index (χ0v) is 25.3. The molecule has 0 spiro atoms. The maximum Gasteiger partial charge on any atom is 0.389 e. The van der Waals surface area contributed by atoms with Crippen molar-refractivity contribution in [2.45, 2.75) is 5.66 Å². The molecule has 0 amide bonds. The maximum absolute atomic E-state index is 15.1. The molecule has 1 unspecified atom stereocenters. The molecule has 1 aromatic heterocycles. The molecule has 0 saturated heterocycles. The van der Waals surface area contributed by atoms with Crippen LogP contribution in [0.5, 0.6) is 0 Å². The molecule has 0 aliphatic heterocycles. The van der Waals surface area contributed by atoms with Crippen LogP contribution < -0.4 is 21.2 Å². The normalized spacial score (nSPS) is 12.2. The van der Waals surface area contributed by atoms with Gasteiger partial charge in [0.2, 0.25) is 5.66 Å². The van der Waals surface area contributed by atoms with Crippen molar-refractivity contribution < 1.29 is 9.13 Å². The van der Waals surface area contributed by atoms with Gasteiger partial charge in [-0.3, -0.25) is 0 Å². The number of hydrogen-bond acceptors (Lipinski definition) is 3. The van der Waals surface area contributed by atoms with Crippen molar-refractivity contribution >= 4 is 67.7 Å².